The van der Waals surface area contributed by atoms with E-state index in [0.717, 1.165) is 12.7 Å². The number of carbonyl (C=O) groups excluding carboxylic acids is 2. The van der Waals surface area contributed by atoms with E-state index in [1.54, 1.807) is 6.92 Å². The van der Waals surface area contributed by atoms with Gasteiger partial charge in [-0.3, -0.25) is 4.79 Å². The van der Waals surface area contributed by atoms with Crippen molar-refractivity contribution in [3.63, 3.8) is 0 Å². The van der Waals surface area contributed by atoms with Gasteiger partial charge in [-0.1, -0.05) is 6.92 Å². The van der Waals surface area contributed by atoms with E-state index >= 15 is 0 Å². The van der Waals surface area contributed by atoms with Gasteiger partial charge >= 0.3 is 0 Å². The van der Waals surface area contributed by atoms with Crippen molar-refractivity contribution in [2.75, 3.05) is 0 Å². The maximum Gasteiger partial charge on any atom is 0.146 e. The molecule has 1 aliphatic carbocycles. The summed E-state index contributed by atoms with van der Waals surface area (Å²) >= 11 is 0. The molecule has 0 aromatic carbocycles. The maximum absolute atomic E-state index is 11.1. The monoisotopic (exact) mass is 140 g/mol. The topological polar surface area (TPSA) is 34.1 Å². The minimum Gasteiger partial charge on any atom is -0.303 e. The molecule has 1 aliphatic rings. The highest BCUT2D eigenvalue weighted by molar-refractivity contribution is 5.95. The van der Waals surface area contributed by atoms with E-state index < -0.39 is 0 Å². The lowest BCUT2D eigenvalue weighted by Crippen LogP contribution is -2.14. The molecular weight excluding hydrogens is 128 g/mol. The molecular formula is C8H12O2. The fourth-order valence-corrected chi connectivity index (χ4v) is 1.12. The van der Waals surface area contributed by atoms with Crippen molar-refractivity contribution in [1.29, 1.82) is 0 Å². The molecule has 0 amide bonds. The van der Waals surface area contributed by atoms with Crippen LogP contribution in [-0.2, 0) is 9.59 Å². The Morgan fingerprint density at radius 1 is 1.70 bits per heavy atom. The van der Waals surface area contributed by atoms with Crippen molar-refractivity contribution in [2.45, 2.75) is 20.3 Å². The molecule has 1 saturated carbocycles. The highest BCUT2D eigenvalue weighted by atomic mass is 16.1. The van der Waals surface area contributed by atoms with E-state index in [9.17, 15) is 9.59 Å². The molecule has 1 fully saturated rings. The second-order valence-corrected chi connectivity index (χ2v) is 3.15. The van der Waals surface area contributed by atoms with Crippen LogP contribution in [-0.4, -0.2) is 12.1 Å². The summed E-state index contributed by atoms with van der Waals surface area (Å²) in [5, 5.41) is 0. The zero-order chi connectivity index (χ0) is 7.72. The van der Waals surface area contributed by atoms with Gasteiger partial charge in [0.25, 0.3) is 0 Å². The quantitative estimate of drug-likeness (QED) is 0.433. The summed E-state index contributed by atoms with van der Waals surface area (Å²) in [5.74, 6) is 0.465. The van der Waals surface area contributed by atoms with Gasteiger partial charge in [-0.25, -0.2) is 0 Å². The SMILES string of the molecule is CC(C=O)C(=O)C1CC1C. The predicted molar refractivity (Wildman–Crippen MR) is 37.5 cm³/mol. The van der Waals surface area contributed by atoms with Crippen molar-refractivity contribution >= 4 is 12.1 Å². The number of ketones is 1. The molecule has 56 valence electrons. The Kier molecular flexibility index (Phi) is 1.88. The van der Waals surface area contributed by atoms with Crippen LogP contribution in [0, 0.1) is 17.8 Å². The van der Waals surface area contributed by atoms with Crippen LogP contribution in [0.15, 0.2) is 0 Å². The lowest BCUT2D eigenvalue weighted by atomic mass is 10.0. The third-order valence-electron chi connectivity index (χ3n) is 2.13. The average molecular weight is 140 g/mol. The first-order chi connectivity index (χ1) is 4.66. The first-order valence-corrected chi connectivity index (χ1v) is 3.66. The maximum atomic E-state index is 11.1. The lowest BCUT2D eigenvalue weighted by Gasteiger charge is -1.98. The number of carbonyl (C=O) groups is 2. The molecule has 1 rings (SSSR count). The molecule has 0 spiro atoms. The second-order valence-electron chi connectivity index (χ2n) is 3.15. The zero-order valence-electron chi connectivity index (χ0n) is 6.33. The van der Waals surface area contributed by atoms with Crippen LogP contribution < -0.4 is 0 Å². The third kappa shape index (κ3) is 1.25. The van der Waals surface area contributed by atoms with Crippen LogP contribution in [0.3, 0.4) is 0 Å². The van der Waals surface area contributed by atoms with Crippen LogP contribution >= 0.6 is 0 Å². The van der Waals surface area contributed by atoms with E-state index in [4.69, 9.17) is 0 Å². The first-order valence-electron chi connectivity index (χ1n) is 3.66. The summed E-state index contributed by atoms with van der Waals surface area (Å²) in [7, 11) is 0. The van der Waals surface area contributed by atoms with Gasteiger partial charge in [-0.05, 0) is 19.3 Å². The van der Waals surface area contributed by atoms with Crippen molar-refractivity contribution in [3.05, 3.63) is 0 Å². The van der Waals surface area contributed by atoms with Crippen LogP contribution in [0.25, 0.3) is 0 Å². The molecule has 3 unspecified atom stereocenters. The Labute approximate surface area is 60.6 Å². The Balaban J connectivity index is 2.42. The van der Waals surface area contributed by atoms with Crippen LogP contribution in [0.4, 0.5) is 0 Å². The van der Waals surface area contributed by atoms with E-state index in [2.05, 4.69) is 0 Å². The van der Waals surface area contributed by atoms with Crippen molar-refractivity contribution < 1.29 is 9.59 Å². The fraction of sp³-hybridized carbons (Fsp3) is 0.750. The Morgan fingerprint density at radius 2 is 2.20 bits per heavy atom. The van der Waals surface area contributed by atoms with E-state index in [-0.39, 0.29) is 17.6 Å². The number of hydrogen-bond donors (Lipinski definition) is 0. The molecule has 2 heteroatoms. The molecule has 0 heterocycles. The predicted octanol–water partition coefficient (Wildman–Crippen LogP) is 1.05. The minimum absolute atomic E-state index is 0.127. The molecule has 0 aliphatic heterocycles. The van der Waals surface area contributed by atoms with Crippen molar-refractivity contribution in [3.8, 4) is 0 Å². The van der Waals surface area contributed by atoms with Gasteiger partial charge in [0.15, 0.2) is 0 Å². The molecule has 0 saturated heterocycles. The molecule has 0 bridgehead atoms. The summed E-state index contributed by atoms with van der Waals surface area (Å²) in [5.41, 5.74) is 0. The highest BCUT2D eigenvalue weighted by Crippen LogP contribution is 2.39. The molecule has 2 nitrogen and oxygen atoms in total. The van der Waals surface area contributed by atoms with Crippen molar-refractivity contribution in [1.82, 2.24) is 0 Å². The first kappa shape index (κ1) is 7.45. The van der Waals surface area contributed by atoms with Gasteiger partial charge in [0.05, 0.1) is 5.92 Å². The van der Waals surface area contributed by atoms with Crippen LogP contribution in [0.2, 0.25) is 0 Å². The van der Waals surface area contributed by atoms with E-state index in [0.29, 0.717) is 5.92 Å². The smallest absolute Gasteiger partial charge is 0.146 e. The second kappa shape index (κ2) is 2.52. The highest BCUT2D eigenvalue weighted by Gasteiger charge is 2.40. The Hall–Kier alpha value is -0.660. The molecule has 0 N–H and O–H groups in total. The number of Topliss-reactive ketones (excluding diaryl/α,β-unsaturated/α-hetero) is 1. The van der Waals surface area contributed by atoms with E-state index in [1.165, 1.54) is 0 Å². The number of aldehydes is 1. The molecule has 3 atom stereocenters. The summed E-state index contributed by atoms with van der Waals surface area (Å²) in [6.07, 6.45) is 1.71. The summed E-state index contributed by atoms with van der Waals surface area (Å²) < 4.78 is 0. The van der Waals surface area contributed by atoms with Gasteiger partial charge in [-0.2, -0.15) is 0 Å². The largest absolute Gasteiger partial charge is 0.303 e. The number of rotatable bonds is 3. The molecule has 0 aromatic heterocycles. The normalized spacial score (nSPS) is 33.0. The zero-order valence-corrected chi connectivity index (χ0v) is 6.33. The number of hydrogen-bond acceptors (Lipinski definition) is 2. The van der Waals surface area contributed by atoms with Gasteiger partial charge in [0.1, 0.15) is 12.1 Å². The summed E-state index contributed by atoms with van der Waals surface area (Å²) in [6, 6.07) is 0. The summed E-state index contributed by atoms with van der Waals surface area (Å²) in [6.45, 7) is 3.71. The lowest BCUT2D eigenvalue weighted by molar-refractivity contribution is -0.127. The fourth-order valence-electron chi connectivity index (χ4n) is 1.12. The van der Waals surface area contributed by atoms with Gasteiger partial charge in [-0.15, -0.1) is 0 Å². The van der Waals surface area contributed by atoms with Gasteiger partial charge < -0.3 is 4.79 Å². The van der Waals surface area contributed by atoms with Gasteiger partial charge in [0.2, 0.25) is 0 Å². The Morgan fingerprint density at radius 3 is 2.50 bits per heavy atom. The third-order valence-corrected chi connectivity index (χ3v) is 2.13. The summed E-state index contributed by atoms with van der Waals surface area (Å²) in [4.78, 5) is 21.3. The minimum atomic E-state index is -0.380. The van der Waals surface area contributed by atoms with Crippen molar-refractivity contribution in [2.24, 2.45) is 17.8 Å². The van der Waals surface area contributed by atoms with E-state index in [1.807, 2.05) is 6.92 Å². The molecule has 10 heavy (non-hydrogen) atoms. The average Bonchev–Trinajstić information content (AvgIpc) is 2.63. The van der Waals surface area contributed by atoms with Crippen LogP contribution in [0.1, 0.15) is 20.3 Å². The van der Waals surface area contributed by atoms with Crippen LogP contribution in [0.5, 0.6) is 0 Å². The molecule has 0 aromatic rings. The Bertz CT molecular complexity index is 163. The van der Waals surface area contributed by atoms with Gasteiger partial charge in [0, 0.05) is 5.92 Å². The molecule has 0 radical (unpaired) electrons. The standard InChI is InChI=1S/C8H12O2/c1-5-3-7(5)8(10)6(2)4-9/h4-7H,3H2,1-2H3.